The molecule has 232 valence electrons. The predicted molar refractivity (Wildman–Crippen MR) is 155 cm³/mol. The molecule has 10 nitrogen and oxygen atoms in total. The fourth-order valence-electron chi connectivity index (χ4n) is 6.99. The topological polar surface area (TPSA) is 115 Å². The SMILES string of the molecule is CCn1nccc1C(=O)N[C@H](c1cn2nc(C[C@H]3C[C@@H](C)CNC3=O)c(C3CCOCC3)cc2n1)C1CCC(F)(F)CC1. The van der Waals surface area contributed by atoms with E-state index in [1.54, 1.807) is 21.5 Å². The van der Waals surface area contributed by atoms with Crippen LogP contribution in [0.2, 0.25) is 0 Å². The normalized spacial score (nSPS) is 24.1. The first-order valence-electron chi connectivity index (χ1n) is 15.7. The Kier molecular flexibility index (Phi) is 8.48. The molecule has 0 spiro atoms. The van der Waals surface area contributed by atoms with Crippen LogP contribution in [0.4, 0.5) is 8.78 Å². The zero-order chi connectivity index (χ0) is 30.1. The summed E-state index contributed by atoms with van der Waals surface area (Å²) in [5, 5.41) is 15.4. The van der Waals surface area contributed by atoms with Crippen LogP contribution in [0.5, 0.6) is 0 Å². The zero-order valence-electron chi connectivity index (χ0n) is 24.9. The third-order valence-electron chi connectivity index (χ3n) is 9.45. The highest BCUT2D eigenvalue weighted by atomic mass is 19.3. The van der Waals surface area contributed by atoms with Crippen molar-refractivity contribution in [2.45, 2.75) is 89.6 Å². The van der Waals surface area contributed by atoms with Gasteiger partial charge in [0.05, 0.1) is 23.6 Å². The maximum absolute atomic E-state index is 14.1. The van der Waals surface area contributed by atoms with Gasteiger partial charge in [0.2, 0.25) is 11.8 Å². The zero-order valence-corrected chi connectivity index (χ0v) is 24.9. The smallest absolute Gasteiger partial charge is 0.270 e. The summed E-state index contributed by atoms with van der Waals surface area (Å²) in [6, 6.07) is 3.15. The van der Waals surface area contributed by atoms with Gasteiger partial charge in [0.25, 0.3) is 5.91 Å². The summed E-state index contributed by atoms with van der Waals surface area (Å²) >= 11 is 0. The highest BCUT2D eigenvalue weighted by Gasteiger charge is 2.40. The van der Waals surface area contributed by atoms with Gasteiger partial charge in [-0.05, 0) is 74.5 Å². The Balaban J connectivity index is 1.36. The largest absolute Gasteiger partial charge is 0.381 e. The van der Waals surface area contributed by atoms with Gasteiger partial charge >= 0.3 is 0 Å². The molecule has 2 saturated heterocycles. The highest BCUT2D eigenvalue weighted by molar-refractivity contribution is 5.92. The Morgan fingerprint density at radius 2 is 2.00 bits per heavy atom. The Morgan fingerprint density at radius 1 is 1.23 bits per heavy atom. The molecule has 2 N–H and O–H groups in total. The Hall–Kier alpha value is -3.41. The molecule has 0 bridgehead atoms. The number of halogens is 2. The Morgan fingerprint density at radius 3 is 2.74 bits per heavy atom. The van der Waals surface area contributed by atoms with E-state index in [2.05, 4.69) is 28.7 Å². The molecule has 1 saturated carbocycles. The van der Waals surface area contributed by atoms with Crippen molar-refractivity contribution in [3.63, 3.8) is 0 Å². The van der Waals surface area contributed by atoms with Gasteiger partial charge in [0, 0.05) is 57.7 Å². The van der Waals surface area contributed by atoms with Crippen molar-refractivity contribution in [3.8, 4) is 0 Å². The quantitative estimate of drug-likeness (QED) is 0.397. The first kappa shape index (κ1) is 29.7. The first-order valence-corrected chi connectivity index (χ1v) is 15.7. The number of nitrogens with zero attached hydrogens (tertiary/aromatic N) is 5. The number of carbonyl (C=O) groups is 2. The van der Waals surface area contributed by atoms with Gasteiger partial charge in [-0.3, -0.25) is 14.3 Å². The number of amides is 2. The predicted octanol–water partition coefficient (Wildman–Crippen LogP) is 4.45. The third-order valence-corrected chi connectivity index (χ3v) is 9.45. The molecule has 1 aliphatic carbocycles. The average Bonchev–Trinajstić information content (AvgIpc) is 3.65. The van der Waals surface area contributed by atoms with Crippen LogP contribution in [-0.4, -0.2) is 61.9 Å². The van der Waals surface area contributed by atoms with Crippen LogP contribution >= 0.6 is 0 Å². The second kappa shape index (κ2) is 12.3. The molecule has 6 rings (SSSR count). The fraction of sp³-hybridized carbons (Fsp3) is 0.645. The lowest BCUT2D eigenvalue weighted by Gasteiger charge is -2.33. The Labute approximate surface area is 250 Å². The molecule has 3 aromatic heterocycles. The summed E-state index contributed by atoms with van der Waals surface area (Å²) < 4.78 is 37.2. The molecule has 5 heterocycles. The lowest BCUT2D eigenvalue weighted by Crippen LogP contribution is -2.41. The van der Waals surface area contributed by atoms with Crippen molar-refractivity contribution in [2.75, 3.05) is 19.8 Å². The monoisotopic (exact) mass is 597 g/mol. The standard InChI is InChI=1S/C31H41F2N7O3/c1-3-39-26(6-11-35-39)30(42)37-28(21-4-9-31(32,33)10-5-21)25-18-40-27(36-25)16-23(20-7-12-43-13-8-20)24(38-40)15-22-14-19(2)17-34-29(22)41/h6,11,16,18-22,28H,3-5,7-10,12-15,17H2,1-2H3,(H,34,41)(H,37,42)/t19-,22-,28+/m1/s1. The van der Waals surface area contributed by atoms with E-state index >= 15 is 0 Å². The molecule has 3 aromatic rings. The molecule has 3 atom stereocenters. The molecule has 3 fully saturated rings. The van der Waals surface area contributed by atoms with E-state index in [0.717, 1.165) is 30.5 Å². The van der Waals surface area contributed by atoms with Crippen molar-refractivity contribution in [1.29, 1.82) is 0 Å². The number of ether oxygens (including phenoxy) is 1. The minimum absolute atomic E-state index is 0.0624. The van der Waals surface area contributed by atoms with Crippen LogP contribution in [0.25, 0.3) is 5.65 Å². The Bertz CT molecular complexity index is 1450. The van der Waals surface area contributed by atoms with E-state index in [1.165, 1.54) is 0 Å². The number of hydrogen-bond acceptors (Lipinski definition) is 6. The van der Waals surface area contributed by atoms with Crippen LogP contribution in [-0.2, 0) is 22.5 Å². The minimum atomic E-state index is -2.69. The van der Waals surface area contributed by atoms with Crippen LogP contribution < -0.4 is 10.6 Å². The third kappa shape index (κ3) is 6.44. The summed E-state index contributed by atoms with van der Waals surface area (Å²) in [4.78, 5) is 31.1. The van der Waals surface area contributed by atoms with Crippen LogP contribution in [0.3, 0.4) is 0 Å². The van der Waals surface area contributed by atoms with Gasteiger partial charge in [-0.1, -0.05) is 6.92 Å². The fourth-order valence-corrected chi connectivity index (χ4v) is 6.99. The molecule has 0 aromatic carbocycles. The minimum Gasteiger partial charge on any atom is -0.381 e. The summed E-state index contributed by atoms with van der Waals surface area (Å²) in [7, 11) is 0. The number of rotatable bonds is 8. The van der Waals surface area contributed by atoms with Crippen molar-refractivity contribution in [2.24, 2.45) is 17.8 Å². The molecule has 43 heavy (non-hydrogen) atoms. The summed E-state index contributed by atoms with van der Waals surface area (Å²) in [6.45, 7) is 6.62. The lowest BCUT2D eigenvalue weighted by molar-refractivity contribution is -0.127. The van der Waals surface area contributed by atoms with Crippen molar-refractivity contribution >= 4 is 17.5 Å². The number of fused-ring (bicyclic) bond motifs is 1. The molecule has 2 aliphatic heterocycles. The number of piperidine rings is 1. The van der Waals surface area contributed by atoms with Crippen LogP contribution in [0.1, 0.15) is 98.2 Å². The molecule has 12 heteroatoms. The van der Waals surface area contributed by atoms with E-state index in [1.807, 2.05) is 13.1 Å². The van der Waals surface area contributed by atoms with E-state index in [0.29, 0.717) is 55.7 Å². The maximum atomic E-state index is 14.1. The van der Waals surface area contributed by atoms with E-state index in [4.69, 9.17) is 14.8 Å². The van der Waals surface area contributed by atoms with Crippen LogP contribution in [0.15, 0.2) is 24.5 Å². The van der Waals surface area contributed by atoms with Gasteiger partial charge in [0.15, 0.2) is 5.65 Å². The lowest BCUT2D eigenvalue weighted by atomic mass is 9.81. The summed E-state index contributed by atoms with van der Waals surface area (Å²) in [6.07, 6.45) is 6.58. The van der Waals surface area contributed by atoms with Gasteiger partial charge in [0.1, 0.15) is 5.69 Å². The maximum Gasteiger partial charge on any atom is 0.270 e. The molecular weight excluding hydrogens is 556 g/mol. The molecule has 0 radical (unpaired) electrons. The van der Waals surface area contributed by atoms with Crippen LogP contribution in [0, 0.1) is 17.8 Å². The number of aromatic nitrogens is 5. The van der Waals surface area contributed by atoms with Crippen molar-refractivity contribution < 1.29 is 23.1 Å². The highest BCUT2D eigenvalue weighted by Crippen LogP contribution is 2.41. The average molecular weight is 598 g/mol. The number of alkyl halides is 2. The van der Waals surface area contributed by atoms with Gasteiger partial charge in [-0.15, -0.1) is 0 Å². The number of nitrogens with one attached hydrogen (secondary N) is 2. The van der Waals surface area contributed by atoms with E-state index in [9.17, 15) is 18.4 Å². The number of carbonyl (C=O) groups excluding carboxylic acids is 2. The van der Waals surface area contributed by atoms with Crippen molar-refractivity contribution in [1.82, 2.24) is 35.0 Å². The van der Waals surface area contributed by atoms with E-state index < -0.39 is 12.0 Å². The second-order valence-electron chi connectivity index (χ2n) is 12.6. The number of aryl methyl sites for hydroxylation is 1. The number of imidazole rings is 1. The molecule has 2 amide bonds. The summed E-state index contributed by atoms with van der Waals surface area (Å²) in [5.74, 6) is -2.66. The molecular formula is C31H41F2N7O3. The first-order chi connectivity index (χ1) is 20.7. The van der Waals surface area contributed by atoms with Crippen molar-refractivity contribution in [3.05, 3.63) is 47.2 Å². The number of hydrogen-bond donors (Lipinski definition) is 2. The molecule has 0 unspecified atom stereocenters. The summed E-state index contributed by atoms with van der Waals surface area (Å²) in [5.41, 5.74) is 3.61. The molecule has 3 aliphatic rings. The van der Waals surface area contributed by atoms with Gasteiger partial charge < -0.3 is 15.4 Å². The second-order valence-corrected chi connectivity index (χ2v) is 12.6. The van der Waals surface area contributed by atoms with Gasteiger partial charge in [-0.25, -0.2) is 18.3 Å². The van der Waals surface area contributed by atoms with Gasteiger partial charge in [-0.2, -0.15) is 10.2 Å². The van der Waals surface area contributed by atoms with E-state index in [-0.39, 0.29) is 55.3 Å².